The van der Waals surface area contributed by atoms with Crippen LogP contribution < -0.4 is 15.1 Å². The number of hydrogen-bond donors (Lipinski definition) is 2. The van der Waals surface area contributed by atoms with Crippen molar-refractivity contribution < 1.29 is 0 Å². The van der Waals surface area contributed by atoms with Gasteiger partial charge in [-0.15, -0.1) is 0 Å². The van der Waals surface area contributed by atoms with Gasteiger partial charge in [0.05, 0.1) is 17.6 Å². The largest absolute Gasteiger partial charge is 0.361 e. The Morgan fingerprint density at radius 1 is 0.914 bits per heavy atom. The standard InChI is InChI=1S/C25H28N10/c1-17(2)35-24-22(32-25(35)34-13-11-33(12-14-34)21-9-5-6-10-26-21)23(28-16-29-24)27-15-20-30-18-7-3-4-8-19(18)31-20/h3-10,16-17H,11-15H2,1-2H3,(H,30,31)(H,27,28,29). The Hall–Kier alpha value is -4.21. The Morgan fingerprint density at radius 2 is 1.71 bits per heavy atom. The number of anilines is 3. The second kappa shape index (κ2) is 8.86. The molecule has 0 bridgehead atoms. The molecule has 1 aliphatic rings. The molecule has 4 aromatic heterocycles. The molecule has 0 amide bonds. The van der Waals surface area contributed by atoms with Gasteiger partial charge in [0.15, 0.2) is 17.0 Å². The first-order valence-electron chi connectivity index (χ1n) is 12.0. The summed E-state index contributed by atoms with van der Waals surface area (Å²) in [4.78, 5) is 31.3. The maximum Gasteiger partial charge on any atom is 0.208 e. The molecule has 6 rings (SSSR count). The second-order valence-electron chi connectivity index (χ2n) is 8.99. The fourth-order valence-corrected chi connectivity index (χ4v) is 4.66. The molecule has 35 heavy (non-hydrogen) atoms. The van der Waals surface area contributed by atoms with Crippen LogP contribution in [0.1, 0.15) is 25.7 Å². The van der Waals surface area contributed by atoms with E-state index in [1.165, 1.54) is 0 Å². The topological polar surface area (TPSA) is 104 Å². The summed E-state index contributed by atoms with van der Waals surface area (Å²) in [7, 11) is 0. The number of imidazole rings is 2. The summed E-state index contributed by atoms with van der Waals surface area (Å²) < 4.78 is 2.21. The van der Waals surface area contributed by atoms with Gasteiger partial charge in [-0.1, -0.05) is 18.2 Å². The Balaban J connectivity index is 1.26. The molecular weight excluding hydrogens is 440 g/mol. The van der Waals surface area contributed by atoms with Crippen LogP contribution in [0.25, 0.3) is 22.2 Å². The fraction of sp³-hybridized carbons (Fsp3) is 0.320. The van der Waals surface area contributed by atoms with Crippen LogP contribution in [0.3, 0.4) is 0 Å². The molecule has 1 fully saturated rings. The molecule has 0 unspecified atom stereocenters. The zero-order valence-electron chi connectivity index (χ0n) is 19.9. The van der Waals surface area contributed by atoms with Gasteiger partial charge in [0.1, 0.15) is 18.0 Å². The molecule has 1 aromatic carbocycles. The molecule has 1 aliphatic heterocycles. The minimum absolute atomic E-state index is 0.210. The van der Waals surface area contributed by atoms with Crippen molar-refractivity contribution in [1.82, 2.24) is 34.5 Å². The van der Waals surface area contributed by atoms with Crippen LogP contribution in [0.2, 0.25) is 0 Å². The van der Waals surface area contributed by atoms with E-state index in [2.05, 4.69) is 64.5 Å². The third-order valence-corrected chi connectivity index (χ3v) is 6.37. The molecule has 1 saturated heterocycles. The van der Waals surface area contributed by atoms with Gasteiger partial charge in [-0.05, 0) is 38.1 Å². The molecule has 5 aromatic rings. The third kappa shape index (κ3) is 4.01. The highest BCUT2D eigenvalue weighted by Gasteiger charge is 2.25. The number of nitrogens with one attached hydrogen (secondary N) is 2. The first-order chi connectivity index (χ1) is 17.2. The average molecular weight is 469 g/mol. The van der Waals surface area contributed by atoms with E-state index in [-0.39, 0.29) is 6.04 Å². The van der Waals surface area contributed by atoms with Crippen LogP contribution in [0.4, 0.5) is 17.6 Å². The first-order valence-corrected chi connectivity index (χ1v) is 12.0. The van der Waals surface area contributed by atoms with Crippen molar-refractivity contribution >= 4 is 39.8 Å². The molecule has 10 nitrogen and oxygen atoms in total. The Labute approximate surface area is 203 Å². The van der Waals surface area contributed by atoms with Gasteiger partial charge < -0.3 is 20.1 Å². The van der Waals surface area contributed by atoms with Crippen molar-refractivity contribution in [2.75, 3.05) is 41.3 Å². The van der Waals surface area contributed by atoms with Gasteiger partial charge in [-0.25, -0.2) is 24.9 Å². The molecule has 2 N–H and O–H groups in total. The molecule has 0 atom stereocenters. The van der Waals surface area contributed by atoms with Crippen molar-refractivity contribution in [3.05, 3.63) is 60.8 Å². The summed E-state index contributed by atoms with van der Waals surface area (Å²) in [5, 5.41) is 3.42. The number of pyridine rings is 1. The molecule has 0 saturated carbocycles. The van der Waals surface area contributed by atoms with E-state index >= 15 is 0 Å². The zero-order valence-corrected chi connectivity index (χ0v) is 19.9. The fourth-order valence-electron chi connectivity index (χ4n) is 4.66. The number of rotatable bonds is 6. The summed E-state index contributed by atoms with van der Waals surface area (Å²) in [6, 6.07) is 14.3. The van der Waals surface area contributed by atoms with E-state index in [1.807, 2.05) is 42.6 Å². The second-order valence-corrected chi connectivity index (χ2v) is 8.99. The summed E-state index contributed by atoms with van der Waals surface area (Å²) in [5.74, 6) is 3.52. The van der Waals surface area contributed by atoms with E-state index in [1.54, 1.807) is 6.33 Å². The summed E-state index contributed by atoms with van der Waals surface area (Å²) in [6.45, 7) is 8.36. The van der Waals surface area contributed by atoms with Crippen LogP contribution in [0, 0.1) is 0 Å². The highest BCUT2D eigenvalue weighted by molar-refractivity contribution is 5.85. The predicted octanol–water partition coefficient (Wildman–Crippen LogP) is 3.62. The van der Waals surface area contributed by atoms with Crippen LogP contribution >= 0.6 is 0 Å². The normalized spacial score (nSPS) is 14.4. The van der Waals surface area contributed by atoms with E-state index in [0.717, 1.165) is 66.0 Å². The van der Waals surface area contributed by atoms with Crippen molar-refractivity contribution in [2.24, 2.45) is 0 Å². The minimum atomic E-state index is 0.210. The predicted molar refractivity (Wildman–Crippen MR) is 138 cm³/mol. The number of aromatic nitrogens is 7. The minimum Gasteiger partial charge on any atom is -0.361 e. The molecule has 0 aliphatic carbocycles. The Kier molecular flexibility index (Phi) is 5.40. The lowest BCUT2D eigenvalue weighted by Crippen LogP contribution is -2.47. The SMILES string of the molecule is CC(C)n1c(N2CCN(c3ccccn3)CC2)nc2c(NCc3nc4ccccc4[nH]3)ncnc21. The van der Waals surface area contributed by atoms with Crippen LogP contribution in [0.15, 0.2) is 55.0 Å². The molecular formula is C25H28N10. The molecule has 178 valence electrons. The van der Waals surface area contributed by atoms with Gasteiger partial charge in [0.25, 0.3) is 0 Å². The summed E-state index contributed by atoms with van der Waals surface area (Å²) in [5.41, 5.74) is 3.59. The van der Waals surface area contributed by atoms with Gasteiger partial charge in [0, 0.05) is 38.4 Å². The molecule has 5 heterocycles. The van der Waals surface area contributed by atoms with Crippen molar-refractivity contribution in [2.45, 2.75) is 26.4 Å². The van der Waals surface area contributed by atoms with Crippen molar-refractivity contribution in [3.63, 3.8) is 0 Å². The number of hydrogen-bond acceptors (Lipinski definition) is 8. The summed E-state index contributed by atoms with van der Waals surface area (Å²) >= 11 is 0. The van der Waals surface area contributed by atoms with Crippen LogP contribution in [-0.4, -0.2) is 60.6 Å². The molecule has 0 spiro atoms. The Bertz CT molecular complexity index is 1410. The van der Waals surface area contributed by atoms with E-state index < -0.39 is 0 Å². The lowest BCUT2D eigenvalue weighted by molar-refractivity contribution is 0.572. The van der Waals surface area contributed by atoms with Gasteiger partial charge in [-0.2, -0.15) is 0 Å². The van der Waals surface area contributed by atoms with Gasteiger partial charge >= 0.3 is 0 Å². The third-order valence-electron chi connectivity index (χ3n) is 6.37. The van der Waals surface area contributed by atoms with E-state index in [9.17, 15) is 0 Å². The average Bonchev–Trinajstić information content (AvgIpc) is 3.50. The maximum atomic E-state index is 5.05. The smallest absolute Gasteiger partial charge is 0.208 e. The van der Waals surface area contributed by atoms with Gasteiger partial charge in [0.2, 0.25) is 5.95 Å². The van der Waals surface area contributed by atoms with Crippen molar-refractivity contribution in [3.8, 4) is 0 Å². The number of nitrogens with zero attached hydrogens (tertiary/aromatic N) is 8. The zero-order chi connectivity index (χ0) is 23.8. The number of H-pyrrole nitrogens is 1. The quantitative estimate of drug-likeness (QED) is 0.390. The lowest BCUT2D eigenvalue weighted by atomic mass is 10.3. The monoisotopic (exact) mass is 468 g/mol. The van der Waals surface area contributed by atoms with Crippen molar-refractivity contribution in [1.29, 1.82) is 0 Å². The first kappa shape index (κ1) is 21.3. The van der Waals surface area contributed by atoms with Crippen LogP contribution in [0.5, 0.6) is 0 Å². The van der Waals surface area contributed by atoms with Gasteiger partial charge in [-0.3, -0.25) is 4.57 Å². The number of fused-ring (bicyclic) bond motifs is 2. The number of benzene rings is 1. The highest BCUT2D eigenvalue weighted by atomic mass is 15.4. The van der Waals surface area contributed by atoms with E-state index in [4.69, 9.17) is 4.98 Å². The summed E-state index contributed by atoms with van der Waals surface area (Å²) in [6.07, 6.45) is 3.45. The highest BCUT2D eigenvalue weighted by Crippen LogP contribution is 2.30. The number of para-hydroxylation sites is 2. The molecule has 0 radical (unpaired) electrons. The van der Waals surface area contributed by atoms with E-state index in [0.29, 0.717) is 12.4 Å². The van der Waals surface area contributed by atoms with Crippen LogP contribution in [-0.2, 0) is 6.54 Å². The Morgan fingerprint density at radius 3 is 2.49 bits per heavy atom. The number of piperazine rings is 1. The lowest BCUT2D eigenvalue weighted by Gasteiger charge is -2.36. The molecule has 10 heteroatoms. The maximum absolute atomic E-state index is 5.05. The number of aromatic amines is 1.